The summed E-state index contributed by atoms with van der Waals surface area (Å²) in [7, 11) is 3.60. The largest absolute Gasteiger partial charge is 0.363 e. The van der Waals surface area contributed by atoms with Crippen molar-refractivity contribution in [1.82, 2.24) is 19.0 Å². The fourth-order valence-electron chi connectivity index (χ4n) is 4.05. The number of aryl methyl sites for hydroxylation is 1. The number of hydrogen-bond donors (Lipinski definition) is 0. The van der Waals surface area contributed by atoms with Crippen molar-refractivity contribution in [2.75, 3.05) is 7.05 Å². The van der Waals surface area contributed by atoms with Gasteiger partial charge < -0.3 is 4.90 Å². The van der Waals surface area contributed by atoms with Gasteiger partial charge >= 0.3 is 5.69 Å². The van der Waals surface area contributed by atoms with E-state index >= 15 is 0 Å². The van der Waals surface area contributed by atoms with Gasteiger partial charge in [0.15, 0.2) is 5.65 Å². The van der Waals surface area contributed by atoms with Gasteiger partial charge in [0.25, 0.3) is 5.92 Å². The zero-order chi connectivity index (χ0) is 20.6. The minimum atomic E-state index is -2.73. The first kappa shape index (κ1) is 17.9. The Morgan fingerprint density at radius 1 is 1.31 bits per heavy atom. The van der Waals surface area contributed by atoms with Gasteiger partial charge in [-0.1, -0.05) is 18.8 Å². The summed E-state index contributed by atoms with van der Waals surface area (Å²) in [6, 6.07) is 3.63. The van der Waals surface area contributed by atoms with Gasteiger partial charge in [0, 0.05) is 38.8 Å². The maximum absolute atomic E-state index is 13.7. The van der Waals surface area contributed by atoms with Crippen LogP contribution in [0.1, 0.15) is 19.0 Å². The lowest BCUT2D eigenvalue weighted by molar-refractivity contribution is 0.0637. The third-order valence-electron chi connectivity index (χ3n) is 6.15. The molecule has 0 bridgehead atoms. The molecule has 1 aliphatic heterocycles. The highest BCUT2D eigenvalue weighted by Gasteiger charge is 2.68. The van der Waals surface area contributed by atoms with Gasteiger partial charge in [-0.05, 0) is 35.9 Å². The standard InChI is InChI=1S/C22H20F2N4O/c1-21(12-22(21,23)24)13-28-18-8-7-16(25-19(18)27(3)20(28)29)14-5-4-6-17-15(11-14)9-10-26(17)2/h5,7-11,17H,12-13H2,1-3H3/t17-,21?/m1/s1. The number of nitrogens with zero attached hydrogens (tertiary/aromatic N) is 4. The SMILES string of the molecule is CN1C=CC2=CC(c3ccc4c(n3)n(C)c(=O)n4CC3(C)CC3(F)F)=CC#C[C@H]21. The molecule has 1 unspecified atom stereocenters. The van der Waals surface area contributed by atoms with E-state index in [9.17, 15) is 13.6 Å². The molecule has 1 saturated carbocycles. The van der Waals surface area contributed by atoms with Crippen molar-refractivity contribution < 1.29 is 8.78 Å². The van der Waals surface area contributed by atoms with Gasteiger partial charge in [0.2, 0.25) is 0 Å². The Balaban J connectivity index is 1.57. The van der Waals surface area contributed by atoms with E-state index in [0.717, 1.165) is 11.1 Å². The number of aromatic nitrogens is 3. The van der Waals surface area contributed by atoms with Gasteiger partial charge in [-0.25, -0.2) is 18.6 Å². The molecule has 3 heterocycles. The van der Waals surface area contributed by atoms with Crippen LogP contribution in [0.5, 0.6) is 0 Å². The predicted molar refractivity (Wildman–Crippen MR) is 107 cm³/mol. The fraction of sp³-hybridized carbons (Fsp3) is 0.364. The van der Waals surface area contributed by atoms with Gasteiger partial charge in [0.05, 0.1) is 16.6 Å². The summed E-state index contributed by atoms with van der Waals surface area (Å²) >= 11 is 0. The molecule has 5 nitrogen and oxygen atoms in total. The first-order valence-electron chi connectivity index (χ1n) is 9.48. The van der Waals surface area contributed by atoms with E-state index in [2.05, 4.69) is 16.8 Å². The zero-order valence-corrected chi connectivity index (χ0v) is 16.4. The lowest BCUT2D eigenvalue weighted by Gasteiger charge is -2.15. The molecule has 1 fully saturated rings. The maximum Gasteiger partial charge on any atom is 0.330 e. The first-order valence-corrected chi connectivity index (χ1v) is 9.48. The molecule has 0 aromatic carbocycles. The average Bonchev–Trinajstić information content (AvgIpc) is 3.01. The lowest BCUT2D eigenvalue weighted by Crippen LogP contribution is -2.27. The molecule has 148 valence electrons. The van der Waals surface area contributed by atoms with Crippen LogP contribution in [0.4, 0.5) is 8.78 Å². The van der Waals surface area contributed by atoms with E-state index in [-0.39, 0.29) is 24.7 Å². The highest BCUT2D eigenvalue weighted by atomic mass is 19.3. The Morgan fingerprint density at radius 2 is 2.07 bits per heavy atom. The monoisotopic (exact) mass is 394 g/mol. The van der Waals surface area contributed by atoms with E-state index in [4.69, 9.17) is 0 Å². The van der Waals surface area contributed by atoms with Gasteiger partial charge in [-0.2, -0.15) is 0 Å². The number of likely N-dealkylation sites (N-methyl/N-ethyl adjacent to an activating group) is 1. The Hall–Kier alpha value is -3.14. The summed E-state index contributed by atoms with van der Waals surface area (Å²) in [6.45, 7) is 1.50. The van der Waals surface area contributed by atoms with Crippen molar-refractivity contribution in [2.45, 2.75) is 31.9 Å². The number of imidazole rings is 1. The summed E-state index contributed by atoms with van der Waals surface area (Å²) in [5.41, 5.74) is 2.17. The molecule has 29 heavy (non-hydrogen) atoms. The number of pyridine rings is 1. The quantitative estimate of drug-likeness (QED) is 0.752. The second kappa shape index (κ2) is 5.69. The number of fused-ring (bicyclic) bond motifs is 2. The second-order valence-corrected chi connectivity index (χ2v) is 8.33. The summed E-state index contributed by atoms with van der Waals surface area (Å²) < 4.78 is 30.3. The Labute approximate surface area is 166 Å². The average molecular weight is 394 g/mol. The minimum absolute atomic E-state index is 0.0196. The molecule has 5 rings (SSSR count). The number of alkyl halides is 2. The number of allylic oxidation sites excluding steroid dienone is 3. The summed E-state index contributed by atoms with van der Waals surface area (Å²) in [5, 5.41) is 0. The molecular formula is C22H20F2N4O. The van der Waals surface area contributed by atoms with E-state index in [0.29, 0.717) is 16.9 Å². The van der Waals surface area contributed by atoms with Crippen LogP contribution in [0.3, 0.4) is 0 Å². The summed E-state index contributed by atoms with van der Waals surface area (Å²) in [4.78, 5) is 19.4. The fourth-order valence-corrected chi connectivity index (χ4v) is 4.05. The van der Waals surface area contributed by atoms with Crippen molar-refractivity contribution in [2.24, 2.45) is 12.5 Å². The predicted octanol–water partition coefficient (Wildman–Crippen LogP) is 2.93. The number of hydrogen-bond acceptors (Lipinski definition) is 3. The molecule has 0 N–H and O–H groups in total. The van der Waals surface area contributed by atoms with Crippen LogP contribution in [-0.4, -0.2) is 38.0 Å². The lowest BCUT2D eigenvalue weighted by atomic mass is 10.1. The van der Waals surface area contributed by atoms with Crippen molar-refractivity contribution in [1.29, 1.82) is 0 Å². The van der Waals surface area contributed by atoms with E-state index in [1.165, 1.54) is 16.1 Å². The van der Waals surface area contributed by atoms with Crippen LogP contribution in [0.15, 0.2) is 46.9 Å². The van der Waals surface area contributed by atoms with Crippen LogP contribution < -0.4 is 5.69 Å². The highest BCUT2D eigenvalue weighted by molar-refractivity contribution is 5.81. The van der Waals surface area contributed by atoms with Crippen LogP contribution in [0.25, 0.3) is 16.7 Å². The van der Waals surface area contributed by atoms with Crippen molar-refractivity contribution in [3.05, 3.63) is 58.3 Å². The topological polar surface area (TPSA) is 43.1 Å². The summed E-state index contributed by atoms with van der Waals surface area (Å²) in [5.74, 6) is 3.56. The molecular weight excluding hydrogens is 374 g/mol. The van der Waals surface area contributed by atoms with Crippen molar-refractivity contribution >= 4 is 16.7 Å². The molecule has 7 heteroatoms. The highest BCUT2D eigenvalue weighted by Crippen LogP contribution is 2.61. The molecule has 0 saturated heterocycles. The molecule has 2 atom stereocenters. The molecule has 2 aliphatic carbocycles. The van der Waals surface area contributed by atoms with Crippen LogP contribution in [0, 0.1) is 17.3 Å². The molecule has 0 spiro atoms. The molecule has 3 aliphatic rings. The normalized spacial score (nSPS) is 26.5. The van der Waals surface area contributed by atoms with Gasteiger partial charge in [-0.15, -0.1) is 0 Å². The van der Waals surface area contributed by atoms with E-state index in [1.54, 1.807) is 13.1 Å². The number of halogens is 2. The molecule has 0 radical (unpaired) electrons. The van der Waals surface area contributed by atoms with E-state index in [1.807, 2.05) is 42.4 Å². The number of rotatable bonds is 3. The maximum atomic E-state index is 13.7. The Bertz CT molecular complexity index is 1270. The van der Waals surface area contributed by atoms with Crippen LogP contribution in [-0.2, 0) is 13.6 Å². The molecule has 0 amide bonds. The summed E-state index contributed by atoms with van der Waals surface area (Å²) in [6.07, 6.45) is 7.67. The third kappa shape index (κ3) is 2.59. The first-order chi connectivity index (χ1) is 13.7. The Morgan fingerprint density at radius 3 is 2.79 bits per heavy atom. The second-order valence-electron chi connectivity index (χ2n) is 8.33. The van der Waals surface area contributed by atoms with Gasteiger partial charge in [-0.3, -0.25) is 9.13 Å². The zero-order valence-electron chi connectivity index (χ0n) is 16.4. The minimum Gasteiger partial charge on any atom is -0.363 e. The Kier molecular flexibility index (Phi) is 3.52. The van der Waals surface area contributed by atoms with Crippen molar-refractivity contribution in [3.8, 4) is 11.8 Å². The van der Waals surface area contributed by atoms with Gasteiger partial charge in [0.1, 0.15) is 6.04 Å². The van der Waals surface area contributed by atoms with Crippen molar-refractivity contribution in [3.63, 3.8) is 0 Å². The molecule has 2 aromatic rings. The van der Waals surface area contributed by atoms with Crippen LogP contribution >= 0.6 is 0 Å². The molecule has 2 aromatic heterocycles. The van der Waals surface area contributed by atoms with Crippen LogP contribution in [0.2, 0.25) is 0 Å². The van der Waals surface area contributed by atoms with E-state index < -0.39 is 11.3 Å². The smallest absolute Gasteiger partial charge is 0.330 e. The third-order valence-corrected chi connectivity index (χ3v) is 6.15.